The Labute approximate surface area is 161 Å². The summed E-state index contributed by atoms with van der Waals surface area (Å²) in [7, 11) is -3.56. The van der Waals surface area contributed by atoms with Gasteiger partial charge < -0.3 is 0 Å². The molecule has 1 aliphatic heterocycles. The number of halogens is 1. The zero-order chi connectivity index (χ0) is 18.6. The minimum absolute atomic E-state index is 0.189. The van der Waals surface area contributed by atoms with Gasteiger partial charge in [-0.3, -0.25) is 4.90 Å². The lowest BCUT2D eigenvalue weighted by Crippen LogP contribution is -2.32. The number of sulfonamides is 1. The molecule has 1 aliphatic rings. The first-order chi connectivity index (χ1) is 12.5. The second kappa shape index (κ2) is 8.53. The number of hydrogen-bond donors (Lipinski definition) is 1. The lowest BCUT2D eigenvalue weighted by Gasteiger charge is -2.28. The molecule has 0 fully saturated rings. The van der Waals surface area contributed by atoms with Crippen LogP contribution < -0.4 is 4.72 Å². The number of rotatable bonds is 7. The van der Waals surface area contributed by atoms with Gasteiger partial charge in [-0.25, -0.2) is 13.1 Å². The largest absolute Gasteiger partial charge is 0.299 e. The lowest BCUT2D eigenvalue weighted by molar-refractivity contribution is 0.249. The number of benzene rings is 2. The van der Waals surface area contributed by atoms with Crippen LogP contribution in [0.2, 0.25) is 5.02 Å². The van der Waals surface area contributed by atoms with Crippen molar-refractivity contribution in [3.05, 3.63) is 64.2 Å². The van der Waals surface area contributed by atoms with Gasteiger partial charge in [-0.1, -0.05) is 48.0 Å². The zero-order valence-electron chi connectivity index (χ0n) is 15.0. The van der Waals surface area contributed by atoms with Crippen LogP contribution in [0.15, 0.2) is 47.4 Å². The van der Waals surface area contributed by atoms with E-state index in [9.17, 15) is 8.42 Å². The van der Waals surface area contributed by atoms with Crippen LogP contribution in [-0.4, -0.2) is 33.0 Å². The molecule has 6 heteroatoms. The topological polar surface area (TPSA) is 49.4 Å². The summed E-state index contributed by atoms with van der Waals surface area (Å²) in [5, 5.41) is 0.268. The fourth-order valence-electron chi connectivity index (χ4n) is 3.44. The first kappa shape index (κ1) is 19.4. The van der Waals surface area contributed by atoms with Gasteiger partial charge in [-0.05, 0) is 55.5 Å². The summed E-state index contributed by atoms with van der Waals surface area (Å²) in [6.45, 7) is 5.23. The highest BCUT2D eigenvalue weighted by Gasteiger charge is 2.20. The van der Waals surface area contributed by atoms with E-state index in [1.165, 1.54) is 11.1 Å². The van der Waals surface area contributed by atoms with Gasteiger partial charge in [0.05, 0.1) is 5.02 Å². The number of aryl methyl sites for hydroxylation is 1. The molecule has 0 spiro atoms. The summed E-state index contributed by atoms with van der Waals surface area (Å²) in [4.78, 5) is 2.63. The van der Waals surface area contributed by atoms with Crippen molar-refractivity contribution in [1.29, 1.82) is 0 Å². The smallest absolute Gasteiger partial charge is 0.242 e. The molecule has 3 rings (SSSR count). The maximum absolute atomic E-state index is 12.5. The fourth-order valence-corrected chi connectivity index (χ4v) is 5.34. The Balaban J connectivity index is 1.45. The third-order valence-corrected chi connectivity index (χ3v) is 6.93. The predicted octanol–water partition coefficient (Wildman–Crippen LogP) is 3.77. The molecule has 4 nitrogen and oxygen atoms in total. The molecule has 0 unspecified atom stereocenters. The summed E-state index contributed by atoms with van der Waals surface area (Å²) in [6.07, 6.45) is 2.86. The van der Waals surface area contributed by atoms with E-state index < -0.39 is 10.0 Å². The SMILES string of the molecule is Cc1cccc(Cl)c1S(=O)(=O)NCCCCN1CCc2ccccc2C1. The molecule has 0 aromatic heterocycles. The van der Waals surface area contributed by atoms with Crippen LogP contribution in [0.1, 0.15) is 29.5 Å². The van der Waals surface area contributed by atoms with E-state index in [1.54, 1.807) is 25.1 Å². The molecular formula is C20H25ClN2O2S. The Morgan fingerprint density at radius 3 is 2.62 bits per heavy atom. The second-order valence-corrected chi connectivity index (χ2v) is 8.90. The second-order valence-electron chi connectivity index (χ2n) is 6.79. The predicted molar refractivity (Wildman–Crippen MR) is 106 cm³/mol. The van der Waals surface area contributed by atoms with Crippen LogP contribution in [0.3, 0.4) is 0 Å². The van der Waals surface area contributed by atoms with E-state index in [0.29, 0.717) is 12.1 Å². The van der Waals surface area contributed by atoms with E-state index >= 15 is 0 Å². The van der Waals surface area contributed by atoms with Gasteiger partial charge in [0.15, 0.2) is 0 Å². The summed E-state index contributed by atoms with van der Waals surface area (Å²) in [5.41, 5.74) is 3.53. The molecule has 26 heavy (non-hydrogen) atoms. The molecule has 0 saturated carbocycles. The highest BCUT2D eigenvalue weighted by atomic mass is 35.5. The highest BCUT2D eigenvalue weighted by Crippen LogP contribution is 2.24. The molecule has 1 heterocycles. The number of nitrogens with zero attached hydrogens (tertiary/aromatic N) is 1. The van der Waals surface area contributed by atoms with Crippen molar-refractivity contribution in [1.82, 2.24) is 9.62 Å². The minimum Gasteiger partial charge on any atom is -0.299 e. The molecule has 140 valence electrons. The van der Waals surface area contributed by atoms with E-state index in [2.05, 4.69) is 33.9 Å². The first-order valence-corrected chi connectivity index (χ1v) is 10.9. The molecule has 2 aromatic rings. The third-order valence-electron chi connectivity index (χ3n) is 4.84. The number of fused-ring (bicyclic) bond motifs is 1. The lowest BCUT2D eigenvalue weighted by atomic mass is 10.00. The van der Waals surface area contributed by atoms with Crippen molar-refractivity contribution < 1.29 is 8.42 Å². The average Bonchev–Trinajstić information content (AvgIpc) is 2.61. The Bertz CT molecular complexity index is 848. The third kappa shape index (κ3) is 4.65. The van der Waals surface area contributed by atoms with Crippen molar-refractivity contribution in [2.75, 3.05) is 19.6 Å². The number of nitrogens with one attached hydrogen (secondary N) is 1. The Morgan fingerprint density at radius 2 is 1.85 bits per heavy atom. The van der Waals surface area contributed by atoms with Crippen molar-refractivity contribution >= 4 is 21.6 Å². The van der Waals surface area contributed by atoms with Gasteiger partial charge in [0, 0.05) is 19.6 Å². The quantitative estimate of drug-likeness (QED) is 0.730. The minimum atomic E-state index is -3.56. The summed E-state index contributed by atoms with van der Waals surface area (Å²) in [5.74, 6) is 0. The van der Waals surface area contributed by atoms with Crippen molar-refractivity contribution in [2.45, 2.75) is 37.6 Å². The van der Waals surface area contributed by atoms with E-state index in [1.807, 2.05) is 0 Å². The van der Waals surface area contributed by atoms with Crippen LogP contribution in [0.5, 0.6) is 0 Å². The molecule has 2 aromatic carbocycles. The maximum atomic E-state index is 12.5. The number of unbranched alkanes of at least 4 members (excludes halogenated alkanes) is 1. The molecule has 0 saturated heterocycles. The van der Waals surface area contributed by atoms with Crippen LogP contribution in [0.25, 0.3) is 0 Å². The van der Waals surface area contributed by atoms with Crippen LogP contribution in [0.4, 0.5) is 0 Å². The Morgan fingerprint density at radius 1 is 1.08 bits per heavy atom. The van der Waals surface area contributed by atoms with Gasteiger partial charge in [-0.15, -0.1) is 0 Å². The molecule has 1 N–H and O–H groups in total. The molecule has 0 radical (unpaired) electrons. The van der Waals surface area contributed by atoms with Gasteiger partial charge in [0.1, 0.15) is 4.90 Å². The van der Waals surface area contributed by atoms with Gasteiger partial charge in [0.2, 0.25) is 10.0 Å². The van der Waals surface area contributed by atoms with Crippen molar-refractivity contribution in [3.63, 3.8) is 0 Å². The van der Waals surface area contributed by atoms with E-state index in [-0.39, 0.29) is 9.92 Å². The zero-order valence-corrected chi connectivity index (χ0v) is 16.6. The summed E-state index contributed by atoms with van der Waals surface area (Å²) in [6, 6.07) is 13.7. The molecule has 0 amide bonds. The van der Waals surface area contributed by atoms with E-state index in [4.69, 9.17) is 11.6 Å². The van der Waals surface area contributed by atoms with Crippen LogP contribution >= 0.6 is 11.6 Å². The first-order valence-electron chi connectivity index (χ1n) is 9.01. The molecule has 0 bridgehead atoms. The fraction of sp³-hybridized carbons (Fsp3) is 0.400. The summed E-state index contributed by atoms with van der Waals surface area (Å²) >= 11 is 6.07. The van der Waals surface area contributed by atoms with Gasteiger partial charge >= 0.3 is 0 Å². The van der Waals surface area contributed by atoms with Crippen molar-refractivity contribution in [3.8, 4) is 0 Å². The average molecular weight is 393 g/mol. The molecular weight excluding hydrogens is 368 g/mol. The maximum Gasteiger partial charge on any atom is 0.242 e. The normalized spacial score (nSPS) is 15.0. The van der Waals surface area contributed by atoms with Crippen LogP contribution in [-0.2, 0) is 23.0 Å². The van der Waals surface area contributed by atoms with Crippen LogP contribution in [0, 0.1) is 6.92 Å². The molecule has 0 atom stereocenters. The Hall–Kier alpha value is -1.40. The van der Waals surface area contributed by atoms with Gasteiger partial charge in [-0.2, -0.15) is 0 Å². The highest BCUT2D eigenvalue weighted by molar-refractivity contribution is 7.89. The number of hydrogen-bond acceptors (Lipinski definition) is 3. The molecule has 0 aliphatic carbocycles. The van der Waals surface area contributed by atoms with E-state index in [0.717, 1.165) is 38.9 Å². The van der Waals surface area contributed by atoms with Gasteiger partial charge in [0.25, 0.3) is 0 Å². The van der Waals surface area contributed by atoms with Crippen molar-refractivity contribution in [2.24, 2.45) is 0 Å². The Kier molecular flexibility index (Phi) is 6.35. The summed E-state index contributed by atoms with van der Waals surface area (Å²) < 4.78 is 27.6. The standard InChI is InChI=1S/C20H25ClN2O2S/c1-16-7-6-10-19(21)20(16)26(24,25)22-12-4-5-13-23-14-11-17-8-2-3-9-18(17)15-23/h2-3,6-10,22H,4-5,11-15H2,1H3. The monoisotopic (exact) mass is 392 g/mol.